The molecule has 5 nitrogen and oxygen atoms in total. The van der Waals surface area contributed by atoms with Crippen LogP contribution in [0.4, 0.5) is 5.69 Å². The van der Waals surface area contributed by atoms with Gasteiger partial charge in [0.1, 0.15) is 5.65 Å². The molecule has 0 aromatic carbocycles. The Kier molecular flexibility index (Phi) is 4.53. The van der Waals surface area contributed by atoms with Gasteiger partial charge in [-0.1, -0.05) is 6.42 Å². The van der Waals surface area contributed by atoms with Crippen molar-refractivity contribution in [1.29, 1.82) is 5.41 Å². The molecule has 0 atom stereocenters. The maximum atomic E-state index is 7.64. The summed E-state index contributed by atoms with van der Waals surface area (Å²) in [5.74, 6) is 0. The lowest BCUT2D eigenvalue weighted by Crippen LogP contribution is -2.31. The van der Waals surface area contributed by atoms with E-state index in [2.05, 4.69) is 21.3 Å². The van der Waals surface area contributed by atoms with Crippen molar-refractivity contribution in [2.45, 2.75) is 19.3 Å². The number of hydrogen-bond acceptors (Lipinski definition) is 4. The molecule has 1 saturated heterocycles. The van der Waals surface area contributed by atoms with Gasteiger partial charge >= 0.3 is 0 Å². The number of anilines is 1. The van der Waals surface area contributed by atoms with E-state index >= 15 is 0 Å². The van der Waals surface area contributed by atoms with Crippen LogP contribution in [-0.2, 0) is 7.05 Å². The van der Waals surface area contributed by atoms with Gasteiger partial charge in [0.2, 0.25) is 0 Å². The Labute approximate surface area is 131 Å². The third kappa shape index (κ3) is 3.20. The van der Waals surface area contributed by atoms with E-state index in [1.165, 1.54) is 25.5 Å². The van der Waals surface area contributed by atoms with Crippen LogP contribution in [0.5, 0.6) is 0 Å². The van der Waals surface area contributed by atoms with Gasteiger partial charge in [-0.2, -0.15) is 0 Å². The summed E-state index contributed by atoms with van der Waals surface area (Å²) < 4.78 is 2.01. The second-order valence-corrected chi connectivity index (χ2v) is 5.87. The van der Waals surface area contributed by atoms with Crippen molar-refractivity contribution in [3.8, 4) is 0 Å². The zero-order valence-corrected chi connectivity index (χ0v) is 13.0. The molecule has 0 amide bonds. The molecule has 0 aliphatic carbocycles. The maximum absolute atomic E-state index is 7.64. The molecule has 2 aromatic rings. The minimum atomic E-state index is 0.847. The van der Waals surface area contributed by atoms with E-state index in [-0.39, 0.29) is 0 Å². The van der Waals surface area contributed by atoms with Crippen LogP contribution in [0.25, 0.3) is 11.0 Å². The lowest BCUT2D eigenvalue weighted by Gasteiger charge is -2.26. The van der Waals surface area contributed by atoms with Gasteiger partial charge < -0.3 is 15.3 Å². The number of aryl methyl sites for hydroxylation is 1. The molecule has 0 radical (unpaired) electrons. The number of rotatable bonds is 5. The van der Waals surface area contributed by atoms with E-state index in [0.717, 1.165) is 41.9 Å². The molecular weight excluding hydrogens is 274 g/mol. The summed E-state index contributed by atoms with van der Waals surface area (Å²) >= 11 is 0. The summed E-state index contributed by atoms with van der Waals surface area (Å²) in [4.78, 5) is 6.81. The Bertz CT molecular complexity index is 679. The van der Waals surface area contributed by atoms with Crippen LogP contribution in [0.15, 0.2) is 36.3 Å². The molecule has 116 valence electrons. The first kappa shape index (κ1) is 14.8. The molecule has 2 aromatic heterocycles. The van der Waals surface area contributed by atoms with E-state index in [4.69, 9.17) is 5.41 Å². The molecule has 0 spiro atoms. The molecule has 5 heteroatoms. The fraction of sp³-hybridized carbons (Fsp3) is 0.412. The molecular formula is C17H23N5. The Morgan fingerprint density at radius 2 is 2.14 bits per heavy atom. The number of nitrogens with zero attached hydrogens (tertiary/aromatic N) is 3. The zero-order valence-electron chi connectivity index (χ0n) is 13.0. The summed E-state index contributed by atoms with van der Waals surface area (Å²) in [5, 5.41) is 12.1. The second kappa shape index (κ2) is 6.75. The SMILES string of the molecule is Cn1ccc2c(N/C=C(\C=N)CN3CCCCC3)ccnc21. The number of pyridine rings is 1. The van der Waals surface area contributed by atoms with Gasteiger partial charge in [-0.05, 0) is 43.6 Å². The van der Waals surface area contributed by atoms with Gasteiger partial charge in [0.25, 0.3) is 0 Å². The molecule has 2 N–H and O–H groups in total. The summed E-state index contributed by atoms with van der Waals surface area (Å²) in [5.41, 5.74) is 3.00. The standard InChI is InChI=1S/C17H23N5/c1-21-10-6-15-16(5-7-19-17(15)21)20-12-14(11-18)13-22-8-3-2-4-9-22/h5-7,10-12,18H,2-4,8-9,13H2,1H3,(H,19,20)/b14-12+,18-11?. The fourth-order valence-corrected chi connectivity index (χ4v) is 2.97. The van der Waals surface area contributed by atoms with Crippen molar-refractivity contribution in [3.63, 3.8) is 0 Å². The Balaban J connectivity index is 1.73. The van der Waals surface area contributed by atoms with Crippen molar-refractivity contribution in [1.82, 2.24) is 14.5 Å². The quantitative estimate of drug-likeness (QED) is 0.834. The highest BCUT2D eigenvalue weighted by molar-refractivity contribution is 5.90. The highest BCUT2D eigenvalue weighted by atomic mass is 15.1. The Morgan fingerprint density at radius 1 is 1.32 bits per heavy atom. The van der Waals surface area contributed by atoms with Crippen LogP contribution in [0.3, 0.4) is 0 Å². The van der Waals surface area contributed by atoms with Crippen LogP contribution < -0.4 is 5.32 Å². The number of nitrogens with one attached hydrogen (secondary N) is 2. The Hall–Kier alpha value is -2.14. The molecule has 1 aliphatic rings. The lowest BCUT2D eigenvalue weighted by atomic mass is 10.1. The first-order valence-corrected chi connectivity index (χ1v) is 7.86. The fourth-order valence-electron chi connectivity index (χ4n) is 2.97. The minimum absolute atomic E-state index is 0.847. The molecule has 0 bridgehead atoms. The van der Waals surface area contributed by atoms with E-state index in [1.807, 2.05) is 36.3 Å². The van der Waals surface area contributed by atoms with E-state index < -0.39 is 0 Å². The van der Waals surface area contributed by atoms with Crippen LogP contribution in [0, 0.1) is 5.41 Å². The van der Waals surface area contributed by atoms with E-state index in [1.54, 1.807) is 0 Å². The number of aromatic nitrogens is 2. The van der Waals surface area contributed by atoms with E-state index in [0.29, 0.717) is 0 Å². The topological polar surface area (TPSA) is 56.9 Å². The van der Waals surface area contributed by atoms with Gasteiger partial charge in [0, 0.05) is 43.8 Å². The van der Waals surface area contributed by atoms with Crippen LogP contribution >= 0.6 is 0 Å². The highest BCUT2D eigenvalue weighted by Crippen LogP contribution is 2.22. The van der Waals surface area contributed by atoms with Gasteiger partial charge in [-0.3, -0.25) is 4.90 Å². The Morgan fingerprint density at radius 3 is 2.91 bits per heavy atom. The van der Waals surface area contributed by atoms with Gasteiger partial charge in [-0.15, -0.1) is 0 Å². The summed E-state index contributed by atoms with van der Waals surface area (Å²) in [6.45, 7) is 3.13. The summed E-state index contributed by atoms with van der Waals surface area (Å²) in [6, 6.07) is 4.04. The van der Waals surface area contributed by atoms with Crippen LogP contribution in [0.1, 0.15) is 19.3 Å². The minimum Gasteiger partial charge on any atom is -0.361 e. The number of likely N-dealkylation sites (tertiary alicyclic amines) is 1. The predicted molar refractivity (Wildman–Crippen MR) is 91.5 cm³/mol. The van der Waals surface area contributed by atoms with Crippen molar-refractivity contribution >= 4 is 22.9 Å². The van der Waals surface area contributed by atoms with Crippen molar-refractivity contribution in [2.24, 2.45) is 7.05 Å². The molecule has 1 fully saturated rings. The zero-order chi connectivity index (χ0) is 15.4. The normalized spacial score (nSPS) is 16.9. The molecule has 3 heterocycles. The lowest BCUT2D eigenvalue weighted by molar-refractivity contribution is 0.249. The van der Waals surface area contributed by atoms with E-state index in [9.17, 15) is 0 Å². The molecule has 3 rings (SSSR count). The predicted octanol–water partition coefficient (Wildman–Crippen LogP) is 3.00. The number of piperidine rings is 1. The molecule has 0 unspecified atom stereocenters. The van der Waals surface area contributed by atoms with Crippen molar-refractivity contribution in [3.05, 3.63) is 36.3 Å². The first-order valence-electron chi connectivity index (χ1n) is 7.86. The maximum Gasteiger partial charge on any atom is 0.141 e. The largest absolute Gasteiger partial charge is 0.361 e. The average Bonchev–Trinajstić information content (AvgIpc) is 2.94. The molecule has 22 heavy (non-hydrogen) atoms. The molecule has 0 saturated carbocycles. The van der Waals surface area contributed by atoms with Crippen molar-refractivity contribution in [2.75, 3.05) is 25.0 Å². The highest BCUT2D eigenvalue weighted by Gasteiger charge is 2.11. The average molecular weight is 297 g/mol. The summed E-state index contributed by atoms with van der Waals surface area (Å²) in [7, 11) is 1.99. The van der Waals surface area contributed by atoms with Crippen LogP contribution in [-0.4, -0.2) is 40.3 Å². The third-order valence-corrected chi connectivity index (χ3v) is 4.22. The van der Waals surface area contributed by atoms with Crippen LogP contribution in [0.2, 0.25) is 0 Å². The number of fused-ring (bicyclic) bond motifs is 1. The smallest absolute Gasteiger partial charge is 0.141 e. The monoisotopic (exact) mass is 297 g/mol. The first-order chi connectivity index (χ1) is 10.8. The third-order valence-electron chi connectivity index (χ3n) is 4.22. The number of hydrogen-bond donors (Lipinski definition) is 2. The van der Waals surface area contributed by atoms with Crippen molar-refractivity contribution < 1.29 is 0 Å². The second-order valence-electron chi connectivity index (χ2n) is 5.87. The van der Waals surface area contributed by atoms with Gasteiger partial charge in [-0.25, -0.2) is 4.98 Å². The molecule has 1 aliphatic heterocycles. The van der Waals surface area contributed by atoms with Gasteiger partial charge in [0.05, 0.1) is 5.69 Å². The summed E-state index contributed by atoms with van der Waals surface area (Å²) in [6.07, 6.45) is 11.1. The van der Waals surface area contributed by atoms with Gasteiger partial charge in [0.15, 0.2) is 0 Å².